The molecule has 0 bridgehead atoms. The first-order valence-corrected chi connectivity index (χ1v) is 4.67. The number of rotatable bonds is 2. The van der Waals surface area contributed by atoms with E-state index in [1.807, 2.05) is 0 Å². The third kappa shape index (κ3) is 2.12. The third-order valence-corrected chi connectivity index (χ3v) is 3.08. The number of carbonyl (C=O) groups is 2. The molecule has 1 rings (SSSR count). The van der Waals surface area contributed by atoms with Gasteiger partial charge in [-0.2, -0.15) is 0 Å². The van der Waals surface area contributed by atoms with Crippen LogP contribution in [0.2, 0.25) is 0 Å². The highest BCUT2D eigenvalue weighted by atomic mass is 35.5. The van der Waals surface area contributed by atoms with E-state index < -0.39 is 11.5 Å². The molecule has 0 radical (unpaired) electrons. The van der Waals surface area contributed by atoms with Crippen molar-refractivity contribution < 1.29 is 14.7 Å². The van der Waals surface area contributed by atoms with Crippen LogP contribution in [0.4, 0.5) is 4.79 Å². The zero-order valence-corrected chi connectivity index (χ0v) is 7.96. The summed E-state index contributed by atoms with van der Waals surface area (Å²) >= 11 is 5.67. The minimum Gasteiger partial charge on any atom is -0.465 e. The molecule has 0 saturated carbocycles. The third-order valence-electron chi connectivity index (χ3n) is 2.55. The van der Waals surface area contributed by atoms with Crippen LogP contribution in [0, 0.1) is 5.41 Å². The number of hydrogen-bond donors (Lipinski definition) is 1. The van der Waals surface area contributed by atoms with Gasteiger partial charge in [0, 0.05) is 24.4 Å². The number of alkyl halides is 1. The second-order valence-corrected chi connectivity index (χ2v) is 3.65. The topological polar surface area (TPSA) is 57.6 Å². The van der Waals surface area contributed by atoms with E-state index in [0.717, 1.165) is 6.29 Å². The van der Waals surface area contributed by atoms with Crippen LogP contribution in [0.25, 0.3) is 0 Å². The molecule has 13 heavy (non-hydrogen) atoms. The highest BCUT2D eigenvalue weighted by Gasteiger charge is 2.34. The Morgan fingerprint density at radius 2 is 2.08 bits per heavy atom. The number of amides is 1. The molecule has 5 heteroatoms. The van der Waals surface area contributed by atoms with Crippen LogP contribution in [0.5, 0.6) is 0 Å². The lowest BCUT2D eigenvalue weighted by molar-refractivity contribution is -0.117. The fourth-order valence-electron chi connectivity index (χ4n) is 1.43. The molecule has 1 fully saturated rings. The fourth-order valence-corrected chi connectivity index (χ4v) is 1.76. The van der Waals surface area contributed by atoms with Gasteiger partial charge in [-0.05, 0) is 12.8 Å². The van der Waals surface area contributed by atoms with Crippen LogP contribution in [0.15, 0.2) is 0 Å². The average Bonchev–Trinajstić information content (AvgIpc) is 2.18. The second kappa shape index (κ2) is 3.96. The molecular formula is C8H12ClNO3. The maximum atomic E-state index is 10.7. The number of carboxylic acid groups (broad SMARTS) is 1. The molecule has 74 valence electrons. The lowest BCUT2D eigenvalue weighted by Crippen LogP contribution is -2.44. The fraction of sp³-hybridized carbons (Fsp3) is 0.750. The number of carbonyl (C=O) groups excluding carboxylic acids is 1. The summed E-state index contributed by atoms with van der Waals surface area (Å²) in [5.41, 5.74) is -0.493. The van der Waals surface area contributed by atoms with E-state index in [0.29, 0.717) is 25.9 Å². The molecule has 1 heterocycles. The summed E-state index contributed by atoms with van der Waals surface area (Å²) in [5, 5.41) is 8.66. The van der Waals surface area contributed by atoms with Crippen molar-refractivity contribution >= 4 is 24.0 Å². The molecule has 1 aliphatic rings. The zero-order chi connectivity index (χ0) is 9.90. The van der Waals surface area contributed by atoms with Gasteiger partial charge in [-0.25, -0.2) is 4.79 Å². The van der Waals surface area contributed by atoms with Crippen LogP contribution in [0.1, 0.15) is 12.8 Å². The Bertz CT molecular complexity index is 211. The van der Waals surface area contributed by atoms with Gasteiger partial charge in [0.25, 0.3) is 0 Å². The SMILES string of the molecule is O=CC1(CCl)CCN(C(=O)O)CC1. The van der Waals surface area contributed by atoms with Gasteiger partial charge in [0.1, 0.15) is 6.29 Å². The summed E-state index contributed by atoms with van der Waals surface area (Å²) in [7, 11) is 0. The maximum absolute atomic E-state index is 10.7. The first-order chi connectivity index (χ1) is 6.13. The summed E-state index contributed by atoms with van der Waals surface area (Å²) in [4.78, 5) is 22.6. The van der Waals surface area contributed by atoms with Crippen molar-refractivity contribution in [3.05, 3.63) is 0 Å². The normalized spacial score (nSPS) is 21.2. The predicted molar refractivity (Wildman–Crippen MR) is 48.0 cm³/mol. The van der Waals surface area contributed by atoms with Crippen molar-refractivity contribution in [2.45, 2.75) is 12.8 Å². The van der Waals surface area contributed by atoms with E-state index in [1.54, 1.807) is 0 Å². The summed E-state index contributed by atoms with van der Waals surface area (Å²) in [6, 6.07) is 0. The lowest BCUT2D eigenvalue weighted by Gasteiger charge is -2.35. The quantitative estimate of drug-likeness (QED) is 0.544. The summed E-state index contributed by atoms with van der Waals surface area (Å²) in [5.74, 6) is 0.282. The predicted octanol–water partition coefficient (Wildman–Crippen LogP) is 1.18. The minimum atomic E-state index is -0.922. The molecule has 1 aliphatic heterocycles. The molecule has 0 spiro atoms. The highest BCUT2D eigenvalue weighted by molar-refractivity contribution is 6.19. The smallest absolute Gasteiger partial charge is 0.407 e. The highest BCUT2D eigenvalue weighted by Crippen LogP contribution is 2.30. The monoisotopic (exact) mass is 205 g/mol. The van der Waals surface area contributed by atoms with Gasteiger partial charge in [-0.1, -0.05) is 0 Å². The molecule has 0 unspecified atom stereocenters. The van der Waals surface area contributed by atoms with Crippen LogP contribution in [-0.2, 0) is 4.79 Å². The van der Waals surface area contributed by atoms with Crippen molar-refractivity contribution in [1.29, 1.82) is 0 Å². The Labute approximate surface area is 81.5 Å². The summed E-state index contributed by atoms with van der Waals surface area (Å²) < 4.78 is 0. The van der Waals surface area contributed by atoms with E-state index in [-0.39, 0.29) is 5.88 Å². The number of aldehydes is 1. The van der Waals surface area contributed by atoms with Crippen LogP contribution in [-0.4, -0.2) is 41.4 Å². The summed E-state index contributed by atoms with van der Waals surface area (Å²) in [6.45, 7) is 0.807. The molecule has 4 nitrogen and oxygen atoms in total. The van der Waals surface area contributed by atoms with Crippen molar-refractivity contribution in [3.8, 4) is 0 Å². The van der Waals surface area contributed by atoms with Gasteiger partial charge in [-0.15, -0.1) is 11.6 Å². The molecule has 1 N–H and O–H groups in total. The Morgan fingerprint density at radius 3 is 2.38 bits per heavy atom. The summed E-state index contributed by atoms with van der Waals surface area (Å²) in [6.07, 6.45) is 1.01. The Morgan fingerprint density at radius 1 is 1.54 bits per heavy atom. The van der Waals surface area contributed by atoms with Crippen LogP contribution >= 0.6 is 11.6 Å². The van der Waals surface area contributed by atoms with Crippen molar-refractivity contribution in [2.75, 3.05) is 19.0 Å². The molecular weight excluding hydrogens is 194 g/mol. The molecule has 0 atom stereocenters. The Hall–Kier alpha value is -0.770. The molecule has 1 saturated heterocycles. The Balaban J connectivity index is 2.55. The lowest BCUT2D eigenvalue weighted by atomic mass is 9.82. The average molecular weight is 206 g/mol. The zero-order valence-electron chi connectivity index (χ0n) is 7.20. The first kappa shape index (κ1) is 10.3. The van der Waals surface area contributed by atoms with Gasteiger partial charge >= 0.3 is 6.09 Å². The van der Waals surface area contributed by atoms with Gasteiger partial charge in [0.15, 0.2) is 0 Å². The molecule has 0 aromatic rings. The van der Waals surface area contributed by atoms with E-state index in [2.05, 4.69) is 0 Å². The standard InChI is InChI=1S/C8H12ClNO3/c9-5-8(6-11)1-3-10(4-2-8)7(12)13/h6H,1-5H2,(H,12,13). The molecule has 1 amide bonds. The molecule has 0 aromatic carbocycles. The van der Waals surface area contributed by atoms with Crippen LogP contribution in [0.3, 0.4) is 0 Å². The van der Waals surface area contributed by atoms with E-state index in [1.165, 1.54) is 4.90 Å². The largest absolute Gasteiger partial charge is 0.465 e. The maximum Gasteiger partial charge on any atom is 0.407 e. The van der Waals surface area contributed by atoms with Gasteiger partial charge in [0.2, 0.25) is 0 Å². The molecule has 0 aromatic heterocycles. The van der Waals surface area contributed by atoms with Crippen molar-refractivity contribution in [2.24, 2.45) is 5.41 Å². The van der Waals surface area contributed by atoms with E-state index >= 15 is 0 Å². The number of nitrogens with zero attached hydrogens (tertiary/aromatic N) is 1. The molecule has 0 aliphatic carbocycles. The van der Waals surface area contributed by atoms with Gasteiger partial charge in [0.05, 0.1) is 0 Å². The second-order valence-electron chi connectivity index (χ2n) is 3.38. The van der Waals surface area contributed by atoms with Gasteiger partial charge < -0.3 is 14.8 Å². The van der Waals surface area contributed by atoms with E-state index in [9.17, 15) is 9.59 Å². The number of hydrogen-bond acceptors (Lipinski definition) is 2. The number of piperidine rings is 1. The van der Waals surface area contributed by atoms with Crippen LogP contribution < -0.4 is 0 Å². The van der Waals surface area contributed by atoms with Crippen molar-refractivity contribution in [1.82, 2.24) is 4.90 Å². The first-order valence-electron chi connectivity index (χ1n) is 4.14. The Kier molecular flexibility index (Phi) is 3.14. The van der Waals surface area contributed by atoms with E-state index in [4.69, 9.17) is 16.7 Å². The van der Waals surface area contributed by atoms with Crippen molar-refractivity contribution in [3.63, 3.8) is 0 Å². The minimum absolute atomic E-state index is 0.282. The number of likely N-dealkylation sites (tertiary alicyclic amines) is 1. The van der Waals surface area contributed by atoms with Gasteiger partial charge in [-0.3, -0.25) is 0 Å². The number of halogens is 1.